The number of nitrogens with zero attached hydrogens (tertiary/aromatic N) is 2. The van der Waals surface area contributed by atoms with Crippen LogP contribution in [0.1, 0.15) is 73.3 Å². The first-order chi connectivity index (χ1) is 18.4. The van der Waals surface area contributed by atoms with E-state index >= 15 is 0 Å². The molecule has 1 amide bonds. The molecule has 0 bridgehead atoms. The van der Waals surface area contributed by atoms with Crippen molar-refractivity contribution in [3.8, 4) is 5.75 Å². The van der Waals surface area contributed by atoms with Crippen LogP contribution in [-0.4, -0.2) is 37.2 Å². The van der Waals surface area contributed by atoms with Gasteiger partial charge in [0.1, 0.15) is 10.8 Å². The highest BCUT2D eigenvalue weighted by Crippen LogP contribution is 2.38. The molecule has 1 aromatic carbocycles. The van der Waals surface area contributed by atoms with Crippen molar-refractivity contribution in [3.63, 3.8) is 0 Å². The molecule has 1 saturated carbocycles. The number of carbonyl (C=O) groups is 1. The summed E-state index contributed by atoms with van der Waals surface area (Å²) in [6.45, 7) is 5.65. The number of allylic oxidation sites excluding steroid dienone is 3. The van der Waals surface area contributed by atoms with Crippen molar-refractivity contribution < 1.29 is 31.1 Å². The van der Waals surface area contributed by atoms with E-state index in [1.54, 1.807) is 19.1 Å². The van der Waals surface area contributed by atoms with Crippen LogP contribution in [0.2, 0.25) is 0 Å². The van der Waals surface area contributed by atoms with E-state index in [4.69, 9.17) is 4.74 Å². The third-order valence-corrected chi connectivity index (χ3v) is 9.51. The van der Waals surface area contributed by atoms with Crippen LogP contribution in [0.25, 0.3) is 0 Å². The summed E-state index contributed by atoms with van der Waals surface area (Å²) in [5, 5.41) is 11.9. The van der Waals surface area contributed by atoms with E-state index in [0.717, 1.165) is 42.5 Å². The molecule has 0 radical (unpaired) electrons. The second-order valence-electron chi connectivity index (χ2n) is 9.89. The largest absolute Gasteiger partial charge is 0.493 e. The molecule has 212 valence electrons. The molecule has 1 unspecified atom stereocenters. The number of nitrogens with one attached hydrogen (secondary N) is 2. The SMILES string of the molecule is CCOc1cc(C(F)(F)F)ccc1C(=O)N[C@@H]1CCC[C@H]1C1C=CC(S(=O)(=O)Nc2nnc(C(C)C)s2)=CC1. The van der Waals surface area contributed by atoms with E-state index in [1.807, 2.05) is 19.9 Å². The summed E-state index contributed by atoms with van der Waals surface area (Å²) in [4.78, 5) is 13.2. The monoisotopic (exact) mass is 584 g/mol. The molecule has 8 nitrogen and oxygen atoms in total. The molecule has 0 aliphatic heterocycles. The molecule has 1 heterocycles. The van der Waals surface area contributed by atoms with Crippen molar-refractivity contribution in [1.29, 1.82) is 0 Å². The lowest BCUT2D eigenvalue weighted by molar-refractivity contribution is -0.137. The highest BCUT2D eigenvalue weighted by Gasteiger charge is 2.36. The first-order valence-corrected chi connectivity index (χ1v) is 15.1. The van der Waals surface area contributed by atoms with Gasteiger partial charge in [-0.3, -0.25) is 9.52 Å². The molecule has 13 heteroatoms. The number of aromatic nitrogens is 2. The molecule has 3 atom stereocenters. The van der Waals surface area contributed by atoms with Gasteiger partial charge in [-0.25, -0.2) is 8.42 Å². The average molecular weight is 585 g/mol. The van der Waals surface area contributed by atoms with Crippen LogP contribution < -0.4 is 14.8 Å². The van der Waals surface area contributed by atoms with Gasteiger partial charge in [0.15, 0.2) is 0 Å². The molecule has 1 fully saturated rings. The van der Waals surface area contributed by atoms with E-state index in [-0.39, 0.29) is 51.8 Å². The Bertz CT molecular complexity index is 1370. The number of hydrogen-bond donors (Lipinski definition) is 2. The minimum atomic E-state index is -4.55. The van der Waals surface area contributed by atoms with Crippen LogP contribution in [0.3, 0.4) is 0 Å². The van der Waals surface area contributed by atoms with Crippen LogP contribution >= 0.6 is 11.3 Å². The number of ether oxygens (including phenoxy) is 1. The lowest BCUT2D eigenvalue weighted by Crippen LogP contribution is -2.40. The number of sulfonamides is 1. The quantitative estimate of drug-likeness (QED) is 0.381. The minimum absolute atomic E-state index is 0.00444. The Morgan fingerprint density at radius 3 is 2.62 bits per heavy atom. The number of halogens is 3. The number of amides is 1. The van der Waals surface area contributed by atoms with Crippen LogP contribution in [-0.2, 0) is 16.2 Å². The highest BCUT2D eigenvalue weighted by molar-refractivity contribution is 7.96. The zero-order valence-corrected chi connectivity index (χ0v) is 23.4. The second-order valence-corrected chi connectivity index (χ2v) is 12.6. The first kappa shape index (κ1) is 29.1. The zero-order chi connectivity index (χ0) is 28.4. The third kappa shape index (κ3) is 6.81. The molecule has 2 aromatic rings. The Morgan fingerprint density at radius 2 is 2.00 bits per heavy atom. The standard InChI is InChI=1S/C26H31F3N4O4S2/c1-4-37-22-14-17(26(27,28)29)10-13-20(22)23(34)30-21-7-5-6-19(21)16-8-11-18(12-9-16)39(35,36)33-25-32-31-24(38-25)15(2)3/h8,10-16,19,21H,4-7,9H2,1-3H3,(H,30,34)(H,32,33)/t16?,19-,21+/m0/s1. The number of rotatable bonds is 9. The Balaban J connectivity index is 1.42. The van der Waals surface area contributed by atoms with Gasteiger partial charge >= 0.3 is 6.18 Å². The number of carbonyl (C=O) groups excluding carboxylic acids is 1. The maximum absolute atomic E-state index is 13.2. The van der Waals surface area contributed by atoms with Gasteiger partial charge < -0.3 is 10.1 Å². The lowest BCUT2D eigenvalue weighted by atomic mass is 9.83. The van der Waals surface area contributed by atoms with E-state index in [9.17, 15) is 26.4 Å². The molecular formula is C26H31F3N4O4S2. The molecule has 0 saturated heterocycles. The summed E-state index contributed by atoms with van der Waals surface area (Å²) >= 11 is 1.19. The second kappa shape index (κ2) is 11.7. The molecule has 1 aromatic heterocycles. The normalized spacial score (nSPS) is 21.6. The predicted molar refractivity (Wildman–Crippen MR) is 143 cm³/mol. The van der Waals surface area contributed by atoms with Gasteiger partial charge in [0.2, 0.25) is 5.13 Å². The first-order valence-electron chi connectivity index (χ1n) is 12.8. The summed E-state index contributed by atoms with van der Waals surface area (Å²) in [5.41, 5.74) is -0.835. The van der Waals surface area contributed by atoms with Crippen molar-refractivity contribution in [2.75, 3.05) is 11.3 Å². The van der Waals surface area contributed by atoms with Gasteiger partial charge in [0.25, 0.3) is 15.9 Å². The molecule has 2 N–H and O–H groups in total. The summed E-state index contributed by atoms with van der Waals surface area (Å²) in [7, 11) is -3.82. The van der Waals surface area contributed by atoms with Gasteiger partial charge in [0, 0.05) is 12.0 Å². The third-order valence-electron chi connectivity index (χ3n) is 6.85. The van der Waals surface area contributed by atoms with Crippen LogP contribution in [0.5, 0.6) is 5.75 Å². The molecule has 0 spiro atoms. The van der Waals surface area contributed by atoms with E-state index in [0.29, 0.717) is 6.42 Å². The topological polar surface area (TPSA) is 110 Å². The lowest BCUT2D eigenvalue weighted by Gasteiger charge is -2.28. The molecule has 2 aliphatic carbocycles. The summed E-state index contributed by atoms with van der Waals surface area (Å²) in [6, 6.07) is 2.66. The highest BCUT2D eigenvalue weighted by atomic mass is 32.2. The fourth-order valence-corrected chi connectivity index (χ4v) is 6.96. The molecule has 4 rings (SSSR count). The van der Waals surface area contributed by atoms with Gasteiger partial charge in [-0.1, -0.05) is 43.8 Å². The maximum atomic E-state index is 13.2. The van der Waals surface area contributed by atoms with Crippen molar-refractivity contribution in [1.82, 2.24) is 15.5 Å². The van der Waals surface area contributed by atoms with E-state index in [1.165, 1.54) is 11.3 Å². The fourth-order valence-electron chi connectivity index (χ4n) is 4.90. The predicted octanol–water partition coefficient (Wildman–Crippen LogP) is 5.88. The number of alkyl halides is 3. The summed E-state index contributed by atoms with van der Waals surface area (Å²) in [5.74, 6) is -0.409. The molecule has 39 heavy (non-hydrogen) atoms. The molecular weight excluding hydrogens is 553 g/mol. The van der Waals surface area contributed by atoms with Crippen LogP contribution in [0, 0.1) is 11.8 Å². The van der Waals surface area contributed by atoms with Crippen molar-refractivity contribution >= 4 is 32.4 Å². The maximum Gasteiger partial charge on any atom is 0.416 e. The number of hydrogen-bond acceptors (Lipinski definition) is 7. The minimum Gasteiger partial charge on any atom is -0.493 e. The van der Waals surface area contributed by atoms with Crippen LogP contribution in [0.4, 0.5) is 18.3 Å². The zero-order valence-electron chi connectivity index (χ0n) is 21.8. The van der Waals surface area contributed by atoms with Crippen molar-refractivity contribution in [2.24, 2.45) is 11.8 Å². The fraction of sp³-hybridized carbons (Fsp3) is 0.500. The van der Waals surface area contributed by atoms with Crippen molar-refractivity contribution in [2.45, 2.75) is 64.6 Å². The number of benzene rings is 1. The van der Waals surface area contributed by atoms with Crippen LogP contribution in [0.15, 0.2) is 41.3 Å². The summed E-state index contributed by atoms with van der Waals surface area (Å²) in [6.07, 6.45) is 3.44. The Labute approximate surface area is 229 Å². The average Bonchev–Trinajstić information content (AvgIpc) is 3.53. The van der Waals surface area contributed by atoms with Gasteiger partial charge in [-0.2, -0.15) is 13.2 Å². The smallest absolute Gasteiger partial charge is 0.416 e. The van der Waals surface area contributed by atoms with Gasteiger partial charge in [-0.05, 0) is 62.3 Å². The Morgan fingerprint density at radius 1 is 1.23 bits per heavy atom. The Hall–Kier alpha value is -2.93. The number of anilines is 1. The Kier molecular flexibility index (Phi) is 8.69. The van der Waals surface area contributed by atoms with E-state index < -0.39 is 27.7 Å². The van der Waals surface area contributed by atoms with E-state index in [2.05, 4.69) is 20.2 Å². The summed E-state index contributed by atoms with van der Waals surface area (Å²) < 4.78 is 73.0. The molecule has 2 aliphatic rings. The van der Waals surface area contributed by atoms with Crippen molar-refractivity contribution in [3.05, 3.63) is 57.5 Å². The van der Waals surface area contributed by atoms with Gasteiger partial charge in [0.05, 0.1) is 22.6 Å². The van der Waals surface area contributed by atoms with Gasteiger partial charge in [-0.15, -0.1) is 10.2 Å².